The van der Waals surface area contributed by atoms with Crippen molar-refractivity contribution < 1.29 is 10.0 Å². The number of benzene rings is 2. The van der Waals surface area contributed by atoms with Gasteiger partial charge in [0, 0.05) is 11.6 Å². The average molecular weight is 279 g/mol. The molecule has 0 aliphatic carbocycles. The zero-order chi connectivity index (χ0) is 14.7. The lowest BCUT2D eigenvalue weighted by molar-refractivity contribution is 0.0852. The summed E-state index contributed by atoms with van der Waals surface area (Å²) in [7, 11) is 0. The number of hydroxylamine groups is 1. The largest absolute Gasteiger partial charge is 0.283 e. The first-order valence-electron chi connectivity index (χ1n) is 6.45. The maximum absolute atomic E-state index is 12.1. The van der Waals surface area contributed by atoms with Gasteiger partial charge in [-0.25, -0.2) is 0 Å². The highest BCUT2D eigenvalue weighted by Crippen LogP contribution is 2.21. The smallest absolute Gasteiger partial charge is 0.279 e. The fourth-order valence-electron chi connectivity index (χ4n) is 1.99. The molecule has 0 spiro atoms. The molecule has 5 heteroatoms. The van der Waals surface area contributed by atoms with Crippen molar-refractivity contribution in [3.63, 3.8) is 0 Å². The van der Waals surface area contributed by atoms with Crippen molar-refractivity contribution in [2.75, 3.05) is 5.06 Å². The molecule has 0 saturated carbocycles. The summed E-state index contributed by atoms with van der Waals surface area (Å²) in [5.41, 5.74) is 2.05. The summed E-state index contributed by atoms with van der Waals surface area (Å²) < 4.78 is 0. The Kier molecular flexibility index (Phi) is 3.49. The number of hydrogen-bond donors (Lipinski definition) is 2. The van der Waals surface area contributed by atoms with Gasteiger partial charge in [-0.1, -0.05) is 48.5 Å². The van der Waals surface area contributed by atoms with E-state index in [1.165, 1.54) is 0 Å². The molecule has 0 unspecified atom stereocenters. The summed E-state index contributed by atoms with van der Waals surface area (Å²) in [5.74, 6) is -0.371. The Labute approximate surface area is 121 Å². The summed E-state index contributed by atoms with van der Waals surface area (Å²) in [4.78, 5) is 12.1. The molecule has 0 atom stereocenters. The van der Waals surface area contributed by atoms with Crippen molar-refractivity contribution in [3.05, 3.63) is 72.3 Å². The second-order valence-corrected chi connectivity index (χ2v) is 4.49. The van der Waals surface area contributed by atoms with E-state index in [0.29, 0.717) is 10.6 Å². The molecule has 2 N–H and O–H groups in total. The zero-order valence-corrected chi connectivity index (χ0v) is 11.1. The summed E-state index contributed by atoms with van der Waals surface area (Å²) in [6, 6.07) is 19.7. The Bertz CT molecular complexity index is 738. The molecule has 0 bridgehead atoms. The Balaban J connectivity index is 1.85. The molecule has 0 aliphatic rings. The molecular formula is C16H13N3O2. The van der Waals surface area contributed by atoms with E-state index in [1.807, 2.05) is 30.3 Å². The van der Waals surface area contributed by atoms with E-state index in [9.17, 15) is 10.0 Å². The van der Waals surface area contributed by atoms with Crippen molar-refractivity contribution in [2.24, 2.45) is 0 Å². The second-order valence-electron chi connectivity index (χ2n) is 4.49. The SMILES string of the molecule is O=C(c1ccccc1)N(O)c1cc(-c2ccccc2)[nH]n1. The van der Waals surface area contributed by atoms with Gasteiger partial charge in [0.05, 0.1) is 5.69 Å². The van der Waals surface area contributed by atoms with Gasteiger partial charge in [-0.05, 0) is 17.7 Å². The number of amides is 1. The number of aromatic nitrogens is 2. The summed E-state index contributed by atoms with van der Waals surface area (Å²) in [6.45, 7) is 0. The van der Waals surface area contributed by atoms with Gasteiger partial charge >= 0.3 is 0 Å². The minimum absolute atomic E-state index is 0.155. The van der Waals surface area contributed by atoms with E-state index in [-0.39, 0.29) is 5.82 Å². The molecular weight excluding hydrogens is 266 g/mol. The molecule has 0 aliphatic heterocycles. The Morgan fingerprint density at radius 3 is 2.29 bits per heavy atom. The van der Waals surface area contributed by atoms with Crippen molar-refractivity contribution >= 4 is 11.7 Å². The maximum Gasteiger partial charge on any atom is 0.283 e. The van der Waals surface area contributed by atoms with Gasteiger partial charge in [0.25, 0.3) is 5.91 Å². The fraction of sp³-hybridized carbons (Fsp3) is 0. The molecule has 1 heterocycles. The van der Waals surface area contributed by atoms with Crippen LogP contribution < -0.4 is 5.06 Å². The molecule has 3 rings (SSSR count). The molecule has 0 fully saturated rings. The third kappa shape index (κ3) is 2.68. The van der Waals surface area contributed by atoms with Gasteiger partial charge in [-0.2, -0.15) is 10.2 Å². The first kappa shape index (κ1) is 13.1. The van der Waals surface area contributed by atoms with Crippen LogP contribution >= 0.6 is 0 Å². The normalized spacial score (nSPS) is 10.3. The molecule has 2 aromatic carbocycles. The van der Waals surface area contributed by atoms with Gasteiger partial charge in [-0.3, -0.25) is 15.1 Å². The summed E-state index contributed by atoms with van der Waals surface area (Å²) in [5, 5.41) is 17.3. The van der Waals surface area contributed by atoms with Crippen LogP contribution in [0.3, 0.4) is 0 Å². The number of rotatable bonds is 3. The van der Waals surface area contributed by atoms with Crippen LogP contribution in [0, 0.1) is 0 Å². The van der Waals surface area contributed by atoms with Gasteiger partial charge in [0.1, 0.15) is 0 Å². The second kappa shape index (κ2) is 5.60. The van der Waals surface area contributed by atoms with Gasteiger partial charge in [-0.15, -0.1) is 0 Å². The highest BCUT2D eigenvalue weighted by Gasteiger charge is 2.18. The van der Waals surface area contributed by atoms with Crippen molar-refractivity contribution in [1.29, 1.82) is 0 Å². The number of nitrogens with one attached hydrogen (secondary N) is 1. The number of nitrogens with zero attached hydrogens (tertiary/aromatic N) is 2. The first-order valence-corrected chi connectivity index (χ1v) is 6.45. The van der Waals surface area contributed by atoms with Crippen LogP contribution in [0.1, 0.15) is 10.4 Å². The van der Waals surface area contributed by atoms with E-state index in [4.69, 9.17) is 0 Å². The van der Waals surface area contributed by atoms with Gasteiger partial charge in [0.15, 0.2) is 5.82 Å². The van der Waals surface area contributed by atoms with Crippen molar-refractivity contribution in [1.82, 2.24) is 10.2 Å². The molecule has 1 aromatic heterocycles. The van der Waals surface area contributed by atoms with Crippen molar-refractivity contribution in [3.8, 4) is 11.3 Å². The third-order valence-corrected chi connectivity index (χ3v) is 3.08. The van der Waals surface area contributed by atoms with E-state index in [2.05, 4.69) is 10.2 Å². The van der Waals surface area contributed by atoms with Crippen molar-refractivity contribution in [2.45, 2.75) is 0 Å². The Morgan fingerprint density at radius 1 is 1.00 bits per heavy atom. The number of aromatic amines is 1. The molecule has 5 nitrogen and oxygen atoms in total. The van der Waals surface area contributed by atoms with Crippen LogP contribution in [0.25, 0.3) is 11.3 Å². The topological polar surface area (TPSA) is 69.2 Å². The highest BCUT2D eigenvalue weighted by atomic mass is 16.5. The van der Waals surface area contributed by atoms with Gasteiger partial charge in [0.2, 0.25) is 0 Å². The lowest BCUT2D eigenvalue weighted by Gasteiger charge is -2.11. The number of H-pyrrole nitrogens is 1. The molecule has 0 radical (unpaired) electrons. The number of carbonyl (C=O) groups excluding carboxylic acids is 1. The van der Waals surface area contributed by atoms with Crippen LogP contribution in [0.15, 0.2) is 66.7 Å². The zero-order valence-electron chi connectivity index (χ0n) is 11.1. The summed E-state index contributed by atoms with van der Waals surface area (Å²) in [6.07, 6.45) is 0. The average Bonchev–Trinajstić information content (AvgIpc) is 3.05. The fourth-order valence-corrected chi connectivity index (χ4v) is 1.99. The Morgan fingerprint density at radius 2 is 1.62 bits per heavy atom. The van der Waals surface area contributed by atoms with Crippen LogP contribution in [0.5, 0.6) is 0 Å². The Hall–Kier alpha value is -2.92. The number of anilines is 1. The quantitative estimate of drug-likeness (QED) is 0.571. The summed E-state index contributed by atoms with van der Waals surface area (Å²) >= 11 is 0. The van der Waals surface area contributed by atoms with E-state index < -0.39 is 5.91 Å². The standard InChI is InChI=1S/C16H13N3O2/c20-16(13-9-5-2-6-10-13)19(21)15-11-14(17-18-15)12-7-3-1-4-8-12/h1-11,21H,(H,17,18). The van der Waals surface area contributed by atoms with Crippen LogP contribution in [-0.2, 0) is 0 Å². The van der Waals surface area contributed by atoms with Crippen LogP contribution in [0.2, 0.25) is 0 Å². The molecule has 1 amide bonds. The van der Waals surface area contributed by atoms with Crippen LogP contribution in [-0.4, -0.2) is 21.3 Å². The monoisotopic (exact) mass is 279 g/mol. The molecule has 21 heavy (non-hydrogen) atoms. The lowest BCUT2D eigenvalue weighted by atomic mass is 10.1. The number of hydrogen-bond acceptors (Lipinski definition) is 3. The van der Waals surface area contributed by atoms with Crippen LogP contribution in [0.4, 0.5) is 5.82 Å². The van der Waals surface area contributed by atoms with E-state index in [0.717, 1.165) is 11.3 Å². The minimum Gasteiger partial charge on any atom is -0.279 e. The highest BCUT2D eigenvalue weighted by molar-refractivity contribution is 6.04. The number of carbonyl (C=O) groups is 1. The van der Waals surface area contributed by atoms with Gasteiger partial charge < -0.3 is 0 Å². The lowest BCUT2D eigenvalue weighted by Crippen LogP contribution is -2.27. The van der Waals surface area contributed by atoms with E-state index in [1.54, 1.807) is 36.4 Å². The molecule has 0 saturated heterocycles. The third-order valence-electron chi connectivity index (χ3n) is 3.08. The minimum atomic E-state index is -0.526. The van der Waals surface area contributed by atoms with E-state index >= 15 is 0 Å². The molecule has 104 valence electrons. The predicted octanol–water partition coefficient (Wildman–Crippen LogP) is 3.11. The maximum atomic E-state index is 12.1. The molecule has 3 aromatic rings. The first-order chi connectivity index (χ1) is 10.3. The predicted molar refractivity (Wildman–Crippen MR) is 79.1 cm³/mol.